The van der Waals surface area contributed by atoms with Gasteiger partial charge in [-0.3, -0.25) is 0 Å². The SMILES string of the molecule is Cc1[c-]ccc2c1N=C(c1ccccc1)C2.[Y]. The van der Waals surface area contributed by atoms with Crippen molar-refractivity contribution in [1.82, 2.24) is 0 Å². The summed E-state index contributed by atoms with van der Waals surface area (Å²) in [6.07, 6.45) is 0.939. The average molecular weight is 295 g/mol. The molecule has 0 aromatic heterocycles. The van der Waals surface area contributed by atoms with Gasteiger partial charge in [-0.2, -0.15) is 18.2 Å². The van der Waals surface area contributed by atoms with Gasteiger partial charge in [0.1, 0.15) is 0 Å². The summed E-state index contributed by atoms with van der Waals surface area (Å²) in [5.74, 6) is 0. The van der Waals surface area contributed by atoms with Crippen molar-refractivity contribution in [3.05, 3.63) is 65.2 Å². The second-order valence-corrected chi connectivity index (χ2v) is 4.08. The van der Waals surface area contributed by atoms with Gasteiger partial charge in [-0.1, -0.05) is 37.3 Å². The molecular formula is C15H12NY-. The second-order valence-electron chi connectivity index (χ2n) is 4.08. The molecule has 3 rings (SSSR count). The van der Waals surface area contributed by atoms with Crippen LogP contribution in [0.15, 0.2) is 47.5 Å². The molecule has 0 unspecified atom stereocenters. The van der Waals surface area contributed by atoms with Crippen LogP contribution in [-0.2, 0) is 39.1 Å². The van der Waals surface area contributed by atoms with Crippen LogP contribution in [0.5, 0.6) is 0 Å². The van der Waals surface area contributed by atoms with E-state index in [1.165, 1.54) is 16.8 Å². The summed E-state index contributed by atoms with van der Waals surface area (Å²) in [7, 11) is 0. The third-order valence-corrected chi connectivity index (χ3v) is 2.96. The molecule has 1 radical (unpaired) electrons. The Morgan fingerprint density at radius 2 is 1.88 bits per heavy atom. The van der Waals surface area contributed by atoms with E-state index >= 15 is 0 Å². The number of hydrogen-bond donors (Lipinski definition) is 0. The van der Waals surface area contributed by atoms with Gasteiger partial charge >= 0.3 is 0 Å². The van der Waals surface area contributed by atoms with Gasteiger partial charge in [0.25, 0.3) is 0 Å². The molecule has 0 N–H and O–H groups in total. The van der Waals surface area contributed by atoms with Gasteiger partial charge in [-0.25, -0.2) is 0 Å². The molecule has 1 heterocycles. The number of rotatable bonds is 1. The Kier molecular flexibility index (Phi) is 3.91. The van der Waals surface area contributed by atoms with E-state index in [-0.39, 0.29) is 32.7 Å². The first-order valence-corrected chi connectivity index (χ1v) is 5.48. The molecule has 1 aliphatic rings. The van der Waals surface area contributed by atoms with Crippen molar-refractivity contribution in [3.8, 4) is 0 Å². The van der Waals surface area contributed by atoms with Crippen LogP contribution in [0, 0.1) is 13.0 Å². The fourth-order valence-corrected chi connectivity index (χ4v) is 2.11. The van der Waals surface area contributed by atoms with Gasteiger partial charge < -0.3 is 4.99 Å². The third kappa shape index (κ3) is 2.41. The molecule has 17 heavy (non-hydrogen) atoms. The molecule has 81 valence electrons. The number of nitrogens with zero attached hydrogens (tertiary/aromatic N) is 1. The van der Waals surface area contributed by atoms with Gasteiger partial charge in [0.05, 0.1) is 0 Å². The van der Waals surface area contributed by atoms with Crippen LogP contribution in [0.3, 0.4) is 0 Å². The first-order chi connectivity index (χ1) is 7.84. The Morgan fingerprint density at radius 3 is 2.59 bits per heavy atom. The quantitative estimate of drug-likeness (QED) is 0.714. The van der Waals surface area contributed by atoms with E-state index in [0.717, 1.165) is 17.7 Å². The molecule has 0 spiro atoms. The van der Waals surface area contributed by atoms with Crippen molar-refractivity contribution in [2.45, 2.75) is 13.3 Å². The molecule has 0 atom stereocenters. The number of aliphatic imine (C=N–C) groups is 1. The standard InChI is InChI=1S/C15H12N.Y/c1-11-6-5-9-13-10-14(16-15(11)13)12-7-3-2-4-8-12;/h2-5,7-9H,10H2,1H3;/q-1;. The van der Waals surface area contributed by atoms with E-state index in [4.69, 9.17) is 4.99 Å². The fraction of sp³-hybridized carbons (Fsp3) is 0.133. The fourth-order valence-electron chi connectivity index (χ4n) is 2.11. The molecule has 2 aromatic rings. The summed E-state index contributed by atoms with van der Waals surface area (Å²) in [6, 6.07) is 17.7. The predicted molar refractivity (Wildman–Crippen MR) is 66.4 cm³/mol. The largest absolute Gasteiger partial charge is 0.316 e. The zero-order valence-corrected chi connectivity index (χ0v) is 12.6. The number of aryl methyl sites for hydroxylation is 1. The van der Waals surface area contributed by atoms with E-state index in [2.05, 4.69) is 43.3 Å². The summed E-state index contributed by atoms with van der Waals surface area (Å²) < 4.78 is 0. The summed E-state index contributed by atoms with van der Waals surface area (Å²) in [5, 5.41) is 0. The first kappa shape index (κ1) is 12.7. The van der Waals surface area contributed by atoms with Crippen LogP contribution < -0.4 is 0 Å². The molecule has 0 bridgehead atoms. The van der Waals surface area contributed by atoms with Crippen molar-refractivity contribution in [2.24, 2.45) is 4.99 Å². The summed E-state index contributed by atoms with van der Waals surface area (Å²) >= 11 is 0. The van der Waals surface area contributed by atoms with Crippen LogP contribution in [0.25, 0.3) is 0 Å². The normalized spacial score (nSPS) is 12.6. The van der Waals surface area contributed by atoms with Crippen molar-refractivity contribution in [2.75, 3.05) is 0 Å². The van der Waals surface area contributed by atoms with E-state index in [1.54, 1.807) is 0 Å². The molecule has 0 saturated carbocycles. The maximum Gasteiger partial charge on any atom is 0.0357 e. The monoisotopic (exact) mass is 295 g/mol. The minimum absolute atomic E-state index is 0. The molecule has 0 amide bonds. The topological polar surface area (TPSA) is 12.4 Å². The van der Waals surface area contributed by atoms with Gasteiger partial charge in [0, 0.05) is 38.4 Å². The zero-order chi connectivity index (χ0) is 11.0. The van der Waals surface area contributed by atoms with E-state index in [1.807, 2.05) is 12.1 Å². The Labute approximate surface area is 127 Å². The Bertz CT molecular complexity index is 558. The van der Waals surface area contributed by atoms with E-state index in [9.17, 15) is 0 Å². The smallest absolute Gasteiger partial charge is 0.0357 e. The van der Waals surface area contributed by atoms with Crippen LogP contribution in [0.4, 0.5) is 5.69 Å². The van der Waals surface area contributed by atoms with E-state index in [0.29, 0.717) is 0 Å². The maximum absolute atomic E-state index is 4.71. The molecule has 2 aromatic carbocycles. The number of fused-ring (bicyclic) bond motifs is 1. The van der Waals surface area contributed by atoms with Crippen molar-refractivity contribution >= 4 is 11.4 Å². The summed E-state index contributed by atoms with van der Waals surface area (Å²) in [4.78, 5) is 4.71. The van der Waals surface area contributed by atoms with Crippen molar-refractivity contribution < 1.29 is 32.7 Å². The van der Waals surface area contributed by atoms with Crippen LogP contribution in [0.1, 0.15) is 16.7 Å². The first-order valence-electron chi connectivity index (χ1n) is 5.48. The van der Waals surface area contributed by atoms with Gasteiger partial charge in [0.2, 0.25) is 0 Å². The maximum atomic E-state index is 4.71. The second kappa shape index (κ2) is 5.24. The van der Waals surface area contributed by atoms with Crippen LogP contribution >= 0.6 is 0 Å². The third-order valence-electron chi connectivity index (χ3n) is 2.96. The van der Waals surface area contributed by atoms with Crippen molar-refractivity contribution in [1.29, 1.82) is 0 Å². The van der Waals surface area contributed by atoms with Crippen molar-refractivity contribution in [3.63, 3.8) is 0 Å². The minimum Gasteiger partial charge on any atom is -0.316 e. The van der Waals surface area contributed by atoms with E-state index < -0.39 is 0 Å². The van der Waals surface area contributed by atoms with Crippen LogP contribution in [0.2, 0.25) is 0 Å². The molecular weight excluding hydrogens is 283 g/mol. The average Bonchev–Trinajstić information content (AvgIpc) is 2.76. The van der Waals surface area contributed by atoms with Gasteiger partial charge in [0.15, 0.2) is 0 Å². The molecule has 0 aliphatic carbocycles. The molecule has 1 aliphatic heterocycles. The minimum atomic E-state index is 0. The summed E-state index contributed by atoms with van der Waals surface area (Å²) in [5.41, 5.74) is 5.95. The number of benzene rings is 2. The Morgan fingerprint density at radius 1 is 1.12 bits per heavy atom. The Balaban J connectivity index is 0.00000108. The molecule has 2 heteroatoms. The summed E-state index contributed by atoms with van der Waals surface area (Å²) in [6.45, 7) is 2.07. The predicted octanol–water partition coefficient (Wildman–Crippen LogP) is 3.47. The van der Waals surface area contributed by atoms with Crippen LogP contribution in [-0.4, -0.2) is 5.71 Å². The molecule has 0 fully saturated rings. The zero-order valence-electron chi connectivity index (χ0n) is 9.77. The van der Waals surface area contributed by atoms with Gasteiger partial charge in [-0.05, 0) is 17.7 Å². The molecule has 0 saturated heterocycles. The Hall–Kier alpha value is -0.786. The van der Waals surface area contributed by atoms with Gasteiger partial charge in [-0.15, -0.1) is 11.1 Å². The number of hydrogen-bond acceptors (Lipinski definition) is 1. The molecule has 1 nitrogen and oxygen atoms in total.